The van der Waals surface area contributed by atoms with E-state index in [2.05, 4.69) is 12.1 Å². The molecule has 0 saturated carbocycles. The summed E-state index contributed by atoms with van der Waals surface area (Å²) in [5.41, 5.74) is 6.97. The quantitative estimate of drug-likeness (QED) is 0.465. The smallest absolute Gasteiger partial charge is 0.165 e. The average Bonchev–Trinajstić information content (AvgIpc) is 2.49. The van der Waals surface area contributed by atoms with Crippen LogP contribution in [-0.2, 0) is 6.42 Å². The summed E-state index contributed by atoms with van der Waals surface area (Å²) in [6.45, 7) is 0.475. The Morgan fingerprint density at radius 3 is 2.52 bits per heavy atom. The molecule has 2 rings (SSSR count). The average molecular weight is 286 g/mol. The van der Waals surface area contributed by atoms with Crippen molar-refractivity contribution in [3.8, 4) is 5.75 Å². The molecule has 0 spiro atoms. The van der Waals surface area contributed by atoms with Crippen LogP contribution in [-0.4, -0.2) is 12.4 Å². The van der Waals surface area contributed by atoms with Crippen LogP contribution in [0, 0.1) is 11.2 Å². The Morgan fingerprint density at radius 1 is 1.10 bits per heavy atom. The molecule has 0 saturated heterocycles. The Bertz CT molecular complexity index is 599. The minimum Gasteiger partial charge on any atom is -0.491 e. The maximum absolute atomic E-state index is 13.7. The van der Waals surface area contributed by atoms with Crippen molar-refractivity contribution in [1.82, 2.24) is 0 Å². The number of halogens is 1. The summed E-state index contributed by atoms with van der Waals surface area (Å²) in [5, 5.41) is 7.25. The molecule has 2 aromatic carbocycles. The number of nitrogens with one attached hydrogen (secondary N) is 1. The number of ether oxygens (including phenoxy) is 1. The molecule has 0 amide bonds. The molecule has 0 fully saturated rings. The molecular weight excluding hydrogens is 267 g/mol. The predicted octanol–water partition coefficient (Wildman–Crippen LogP) is 3.51. The minimum absolute atomic E-state index is 0.150. The van der Waals surface area contributed by atoms with Gasteiger partial charge < -0.3 is 10.5 Å². The molecule has 0 aliphatic rings. The Hall–Kier alpha value is -2.36. The van der Waals surface area contributed by atoms with Crippen LogP contribution in [0.25, 0.3) is 0 Å². The van der Waals surface area contributed by atoms with Crippen molar-refractivity contribution in [1.29, 1.82) is 5.41 Å². The highest BCUT2D eigenvalue weighted by molar-refractivity contribution is 5.95. The molecule has 0 aliphatic heterocycles. The number of hydrogen-bond acceptors (Lipinski definition) is 2. The Morgan fingerprint density at radius 2 is 1.86 bits per heavy atom. The van der Waals surface area contributed by atoms with Crippen LogP contribution in [0.1, 0.15) is 24.0 Å². The molecule has 0 bridgehead atoms. The third-order valence-corrected chi connectivity index (χ3v) is 3.20. The van der Waals surface area contributed by atoms with Crippen LogP contribution in [0.3, 0.4) is 0 Å². The normalized spacial score (nSPS) is 10.3. The molecule has 0 aromatic heterocycles. The molecule has 4 heteroatoms. The molecule has 2 aromatic rings. The Kier molecular flexibility index (Phi) is 5.32. The van der Waals surface area contributed by atoms with E-state index >= 15 is 0 Å². The molecule has 0 atom stereocenters. The van der Waals surface area contributed by atoms with Crippen LogP contribution in [0.2, 0.25) is 0 Å². The number of nitrogen functional groups attached to an aromatic ring is 1. The maximum atomic E-state index is 13.7. The molecule has 0 radical (unpaired) electrons. The minimum atomic E-state index is -0.481. The van der Waals surface area contributed by atoms with E-state index in [1.807, 2.05) is 18.2 Å². The summed E-state index contributed by atoms with van der Waals surface area (Å²) in [5.74, 6) is -0.422. The lowest BCUT2D eigenvalue weighted by Gasteiger charge is -2.08. The molecule has 0 heterocycles. The van der Waals surface area contributed by atoms with Crippen molar-refractivity contribution < 1.29 is 9.13 Å². The predicted molar refractivity (Wildman–Crippen MR) is 82.3 cm³/mol. The van der Waals surface area contributed by atoms with Crippen molar-refractivity contribution in [3.05, 3.63) is 65.5 Å². The Balaban J connectivity index is 1.75. The number of aryl methyl sites for hydroxylation is 1. The van der Waals surface area contributed by atoms with Crippen LogP contribution in [0.15, 0.2) is 48.5 Å². The third-order valence-electron chi connectivity index (χ3n) is 3.20. The van der Waals surface area contributed by atoms with Gasteiger partial charge in [-0.25, -0.2) is 4.39 Å². The highest BCUT2D eigenvalue weighted by Gasteiger charge is 2.06. The zero-order valence-corrected chi connectivity index (χ0v) is 11.8. The second-order valence-corrected chi connectivity index (χ2v) is 4.85. The number of unbranched alkanes of at least 4 members (excludes halogenated alkanes) is 1. The van der Waals surface area contributed by atoms with Gasteiger partial charge in [-0.3, -0.25) is 5.41 Å². The van der Waals surface area contributed by atoms with Gasteiger partial charge in [0.1, 0.15) is 5.84 Å². The second-order valence-electron chi connectivity index (χ2n) is 4.85. The monoisotopic (exact) mass is 286 g/mol. The van der Waals surface area contributed by atoms with Gasteiger partial charge in [0.15, 0.2) is 11.6 Å². The van der Waals surface area contributed by atoms with Gasteiger partial charge in [0.2, 0.25) is 0 Å². The van der Waals surface area contributed by atoms with E-state index in [4.69, 9.17) is 15.9 Å². The first-order valence-corrected chi connectivity index (χ1v) is 6.97. The molecule has 3 nitrogen and oxygen atoms in total. The molecule has 21 heavy (non-hydrogen) atoms. The van der Waals surface area contributed by atoms with Gasteiger partial charge in [-0.15, -0.1) is 0 Å². The van der Waals surface area contributed by atoms with Crippen LogP contribution >= 0.6 is 0 Å². The van der Waals surface area contributed by atoms with Crippen LogP contribution < -0.4 is 10.5 Å². The second kappa shape index (κ2) is 7.43. The van der Waals surface area contributed by atoms with Crippen molar-refractivity contribution in [2.24, 2.45) is 5.73 Å². The summed E-state index contributed by atoms with van der Waals surface area (Å²) in [6, 6.07) is 14.6. The highest BCUT2D eigenvalue weighted by Crippen LogP contribution is 2.18. The first-order valence-electron chi connectivity index (χ1n) is 6.97. The summed E-state index contributed by atoms with van der Waals surface area (Å²) >= 11 is 0. The lowest BCUT2D eigenvalue weighted by Crippen LogP contribution is -2.11. The zero-order valence-electron chi connectivity index (χ0n) is 11.8. The first-order chi connectivity index (χ1) is 10.2. The summed E-state index contributed by atoms with van der Waals surface area (Å²) in [7, 11) is 0. The fourth-order valence-electron chi connectivity index (χ4n) is 2.04. The number of rotatable bonds is 7. The summed E-state index contributed by atoms with van der Waals surface area (Å²) < 4.78 is 19.1. The van der Waals surface area contributed by atoms with Gasteiger partial charge in [-0.05, 0) is 43.0 Å². The van der Waals surface area contributed by atoms with Gasteiger partial charge in [0, 0.05) is 5.56 Å². The lowest BCUT2D eigenvalue weighted by atomic mass is 10.1. The van der Waals surface area contributed by atoms with E-state index in [0.717, 1.165) is 19.3 Å². The topological polar surface area (TPSA) is 59.1 Å². The largest absolute Gasteiger partial charge is 0.491 e. The first kappa shape index (κ1) is 15.0. The van der Waals surface area contributed by atoms with Gasteiger partial charge in [0.25, 0.3) is 0 Å². The van der Waals surface area contributed by atoms with Crippen molar-refractivity contribution in [2.45, 2.75) is 19.3 Å². The molecule has 0 unspecified atom stereocenters. The van der Waals surface area contributed by atoms with Crippen molar-refractivity contribution >= 4 is 5.84 Å². The Labute approximate surface area is 124 Å². The number of amidine groups is 1. The van der Waals surface area contributed by atoms with E-state index in [-0.39, 0.29) is 11.6 Å². The van der Waals surface area contributed by atoms with Gasteiger partial charge in [0.05, 0.1) is 6.61 Å². The van der Waals surface area contributed by atoms with E-state index in [0.29, 0.717) is 12.2 Å². The van der Waals surface area contributed by atoms with Gasteiger partial charge >= 0.3 is 0 Å². The highest BCUT2D eigenvalue weighted by atomic mass is 19.1. The maximum Gasteiger partial charge on any atom is 0.165 e. The summed E-state index contributed by atoms with van der Waals surface area (Å²) in [4.78, 5) is 0. The fraction of sp³-hybridized carbons (Fsp3) is 0.235. The number of hydrogen-bond donors (Lipinski definition) is 2. The van der Waals surface area contributed by atoms with E-state index in [1.165, 1.54) is 17.7 Å². The van der Waals surface area contributed by atoms with E-state index in [9.17, 15) is 4.39 Å². The molecule has 3 N–H and O–H groups in total. The SMILES string of the molecule is N=C(N)c1ccc(OCCCCc2ccccc2)c(F)c1. The van der Waals surface area contributed by atoms with Crippen molar-refractivity contribution in [2.75, 3.05) is 6.61 Å². The number of nitrogens with two attached hydrogens (primary N) is 1. The third kappa shape index (κ3) is 4.60. The molecule has 0 aliphatic carbocycles. The molecular formula is C17H19FN2O. The van der Waals surface area contributed by atoms with E-state index in [1.54, 1.807) is 6.07 Å². The van der Waals surface area contributed by atoms with Gasteiger partial charge in [-0.1, -0.05) is 30.3 Å². The van der Waals surface area contributed by atoms with Gasteiger partial charge in [-0.2, -0.15) is 0 Å². The summed E-state index contributed by atoms with van der Waals surface area (Å²) in [6.07, 6.45) is 2.86. The van der Waals surface area contributed by atoms with E-state index < -0.39 is 5.82 Å². The zero-order chi connectivity index (χ0) is 15.1. The van der Waals surface area contributed by atoms with Crippen LogP contribution in [0.5, 0.6) is 5.75 Å². The van der Waals surface area contributed by atoms with Crippen LogP contribution in [0.4, 0.5) is 4.39 Å². The molecule has 110 valence electrons. The van der Waals surface area contributed by atoms with Crippen molar-refractivity contribution in [3.63, 3.8) is 0 Å². The number of benzene rings is 2. The fourth-order valence-corrected chi connectivity index (χ4v) is 2.04. The lowest BCUT2D eigenvalue weighted by molar-refractivity contribution is 0.292. The standard InChI is InChI=1S/C17H19FN2O/c18-15-12-14(17(19)20)9-10-16(15)21-11-5-4-8-13-6-2-1-3-7-13/h1-3,6-7,9-10,12H,4-5,8,11H2,(H3,19,20).